The lowest BCUT2D eigenvalue weighted by Gasteiger charge is -2.14. The van der Waals surface area contributed by atoms with Crippen LogP contribution >= 0.6 is 35.6 Å². The molecule has 0 aromatic heterocycles. The Hall–Kier alpha value is -2.80. The first kappa shape index (κ1) is 22.4. The Kier molecular flexibility index (Phi) is 7.15. The maximum Gasteiger partial charge on any atom is 0.270 e. The molecule has 1 amide bonds. The zero-order chi connectivity index (χ0) is 22.5. The van der Waals surface area contributed by atoms with Gasteiger partial charge in [0.1, 0.15) is 24.7 Å². The molecule has 1 aliphatic heterocycles. The molecule has 0 atom stereocenters. The zero-order valence-electron chi connectivity index (χ0n) is 17.3. The Morgan fingerprint density at radius 3 is 2.56 bits per heavy atom. The summed E-state index contributed by atoms with van der Waals surface area (Å²) in [7, 11) is 0. The monoisotopic (exact) mass is 481 g/mol. The van der Waals surface area contributed by atoms with Crippen molar-refractivity contribution in [1.29, 1.82) is 0 Å². The molecule has 0 bridgehead atoms. The van der Waals surface area contributed by atoms with Crippen LogP contribution in [-0.2, 0) is 4.79 Å². The zero-order valence-corrected chi connectivity index (χ0v) is 19.7. The maximum absolute atomic E-state index is 13.0. The number of halogens is 1. The number of carbonyl (C=O) groups excluding carboxylic acids is 1. The van der Waals surface area contributed by atoms with Gasteiger partial charge in [0.05, 0.1) is 10.6 Å². The SMILES string of the molecule is Cc1cccc(OCCOc2ccc(Cl)cc2C=C2SC(=S)N(c3ccccc3)C2=O)c1. The van der Waals surface area contributed by atoms with Crippen molar-refractivity contribution in [1.82, 2.24) is 0 Å². The molecule has 4 rings (SSSR count). The molecule has 0 N–H and O–H groups in total. The fourth-order valence-corrected chi connectivity index (χ4v) is 4.66. The van der Waals surface area contributed by atoms with Crippen molar-refractivity contribution in [3.63, 3.8) is 0 Å². The molecule has 4 nitrogen and oxygen atoms in total. The van der Waals surface area contributed by atoms with Crippen molar-refractivity contribution in [2.45, 2.75) is 6.92 Å². The number of hydrogen-bond acceptors (Lipinski definition) is 5. The average Bonchev–Trinajstić information content (AvgIpc) is 3.06. The summed E-state index contributed by atoms with van der Waals surface area (Å²) in [6, 6.07) is 22.5. The van der Waals surface area contributed by atoms with Gasteiger partial charge in [0.25, 0.3) is 5.91 Å². The van der Waals surface area contributed by atoms with E-state index in [2.05, 4.69) is 0 Å². The topological polar surface area (TPSA) is 38.8 Å². The van der Waals surface area contributed by atoms with Crippen molar-refractivity contribution in [3.8, 4) is 11.5 Å². The van der Waals surface area contributed by atoms with Gasteiger partial charge in [-0.1, -0.05) is 65.9 Å². The minimum absolute atomic E-state index is 0.167. The molecule has 1 fully saturated rings. The first-order valence-electron chi connectivity index (χ1n) is 9.96. The van der Waals surface area contributed by atoms with Crippen molar-refractivity contribution >= 4 is 57.6 Å². The van der Waals surface area contributed by atoms with Crippen molar-refractivity contribution in [2.75, 3.05) is 18.1 Å². The summed E-state index contributed by atoms with van der Waals surface area (Å²) < 4.78 is 12.2. The van der Waals surface area contributed by atoms with E-state index < -0.39 is 0 Å². The highest BCUT2D eigenvalue weighted by atomic mass is 35.5. The van der Waals surface area contributed by atoms with Gasteiger partial charge >= 0.3 is 0 Å². The van der Waals surface area contributed by atoms with Crippen LogP contribution in [0.15, 0.2) is 77.7 Å². The lowest BCUT2D eigenvalue weighted by molar-refractivity contribution is -0.113. The molecule has 162 valence electrons. The molecule has 1 aliphatic rings. The van der Waals surface area contributed by atoms with Gasteiger partial charge in [0.15, 0.2) is 4.32 Å². The van der Waals surface area contributed by atoms with Crippen LogP contribution in [0.25, 0.3) is 6.08 Å². The van der Waals surface area contributed by atoms with Crippen LogP contribution < -0.4 is 14.4 Å². The maximum atomic E-state index is 13.0. The highest BCUT2D eigenvalue weighted by Crippen LogP contribution is 2.37. The van der Waals surface area contributed by atoms with Gasteiger partial charge in [-0.15, -0.1) is 0 Å². The van der Waals surface area contributed by atoms with Crippen LogP contribution in [0.1, 0.15) is 11.1 Å². The molecule has 1 saturated heterocycles. The smallest absolute Gasteiger partial charge is 0.270 e. The van der Waals surface area contributed by atoms with Crippen LogP contribution in [-0.4, -0.2) is 23.4 Å². The highest BCUT2D eigenvalue weighted by Gasteiger charge is 2.33. The molecule has 0 radical (unpaired) electrons. The third kappa shape index (κ3) is 5.33. The van der Waals surface area contributed by atoms with E-state index in [1.165, 1.54) is 16.7 Å². The van der Waals surface area contributed by atoms with Gasteiger partial charge in [-0.25, -0.2) is 0 Å². The first-order chi connectivity index (χ1) is 15.5. The van der Waals surface area contributed by atoms with Gasteiger partial charge in [0.2, 0.25) is 0 Å². The summed E-state index contributed by atoms with van der Waals surface area (Å²) in [6.45, 7) is 2.76. The van der Waals surface area contributed by atoms with E-state index in [0.29, 0.717) is 38.8 Å². The fourth-order valence-electron chi connectivity index (χ4n) is 3.19. The van der Waals surface area contributed by atoms with Gasteiger partial charge in [-0.3, -0.25) is 9.69 Å². The number of ether oxygens (including phenoxy) is 2. The van der Waals surface area contributed by atoms with Gasteiger partial charge in [-0.05, 0) is 61.0 Å². The predicted molar refractivity (Wildman–Crippen MR) is 136 cm³/mol. The van der Waals surface area contributed by atoms with E-state index >= 15 is 0 Å². The Bertz CT molecular complexity index is 1180. The molecule has 1 heterocycles. The second-order valence-corrected chi connectivity index (χ2v) is 9.16. The average molecular weight is 482 g/mol. The molecule has 32 heavy (non-hydrogen) atoms. The number of benzene rings is 3. The number of thioether (sulfide) groups is 1. The third-order valence-corrected chi connectivity index (χ3v) is 6.20. The predicted octanol–water partition coefficient (Wildman–Crippen LogP) is 6.51. The van der Waals surface area contributed by atoms with E-state index in [4.69, 9.17) is 33.3 Å². The normalized spacial score (nSPS) is 14.8. The lowest BCUT2D eigenvalue weighted by atomic mass is 10.1. The number of thiocarbonyl (C=S) groups is 1. The van der Waals surface area contributed by atoms with Crippen molar-refractivity contribution in [3.05, 3.63) is 93.9 Å². The Labute approximate surface area is 201 Å². The minimum Gasteiger partial charge on any atom is -0.490 e. The quantitative estimate of drug-likeness (QED) is 0.218. The number of para-hydroxylation sites is 1. The van der Waals surface area contributed by atoms with Gasteiger partial charge in [-0.2, -0.15) is 0 Å². The summed E-state index contributed by atoms with van der Waals surface area (Å²) in [4.78, 5) is 15.1. The number of hydrogen-bond donors (Lipinski definition) is 0. The van der Waals surface area contributed by atoms with Crippen LogP contribution in [0.5, 0.6) is 11.5 Å². The fraction of sp³-hybridized carbons (Fsp3) is 0.120. The highest BCUT2D eigenvalue weighted by molar-refractivity contribution is 8.27. The van der Waals surface area contributed by atoms with Gasteiger partial charge < -0.3 is 9.47 Å². The number of nitrogens with zero attached hydrogens (tertiary/aromatic N) is 1. The summed E-state index contributed by atoms with van der Waals surface area (Å²) in [5.74, 6) is 1.25. The van der Waals surface area contributed by atoms with Crippen LogP contribution in [0.2, 0.25) is 5.02 Å². The summed E-state index contributed by atoms with van der Waals surface area (Å²) in [6.07, 6.45) is 1.77. The lowest BCUT2D eigenvalue weighted by Crippen LogP contribution is -2.27. The molecule has 0 unspecified atom stereocenters. The van der Waals surface area contributed by atoms with E-state index in [1.54, 1.807) is 24.3 Å². The first-order valence-corrected chi connectivity index (χ1v) is 11.6. The van der Waals surface area contributed by atoms with E-state index in [-0.39, 0.29) is 5.91 Å². The van der Waals surface area contributed by atoms with E-state index in [1.807, 2.05) is 61.5 Å². The van der Waals surface area contributed by atoms with Crippen molar-refractivity contribution < 1.29 is 14.3 Å². The van der Waals surface area contributed by atoms with Crippen LogP contribution in [0, 0.1) is 6.92 Å². The standard InChI is InChI=1S/C25H20ClNO3S2/c1-17-6-5-9-21(14-17)29-12-13-30-22-11-10-19(26)15-18(22)16-23-24(28)27(25(31)32-23)20-7-3-2-4-8-20/h2-11,14-16H,12-13H2,1H3. The Morgan fingerprint density at radius 2 is 1.78 bits per heavy atom. The van der Waals surface area contributed by atoms with E-state index in [0.717, 1.165) is 17.0 Å². The van der Waals surface area contributed by atoms with Gasteiger partial charge in [0, 0.05) is 10.6 Å². The van der Waals surface area contributed by atoms with Crippen LogP contribution in [0.4, 0.5) is 5.69 Å². The Balaban J connectivity index is 1.48. The molecule has 0 saturated carbocycles. The minimum atomic E-state index is -0.167. The molecule has 3 aromatic rings. The van der Waals surface area contributed by atoms with Crippen LogP contribution in [0.3, 0.4) is 0 Å². The second kappa shape index (κ2) is 10.2. The second-order valence-electron chi connectivity index (χ2n) is 7.05. The summed E-state index contributed by atoms with van der Waals surface area (Å²) in [5, 5.41) is 0.554. The molecule has 7 heteroatoms. The largest absolute Gasteiger partial charge is 0.490 e. The third-order valence-electron chi connectivity index (χ3n) is 4.67. The molecule has 0 aliphatic carbocycles. The summed E-state index contributed by atoms with van der Waals surface area (Å²) in [5.41, 5.74) is 2.59. The number of amides is 1. The molecule has 3 aromatic carbocycles. The van der Waals surface area contributed by atoms with E-state index in [9.17, 15) is 4.79 Å². The number of carbonyl (C=O) groups is 1. The summed E-state index contributed by atoms with van der Waals surface area (Å²) >= 11 is 12.9. The molecule has 0 spiro atoms. The number of rotatable bonds is 7. The van der Waals surface area contributed by atoms with Crippen molar-refractivity contribution in [2.24, 2.45) is 0 Å². The molecular weight excluding hydrogens is 462 g/mol. The number of aryl methyl sites for hydroxylation is 1. The Morgan fingerprint density at radius 1 is 1.00 bits per heavy atom. The molecular formula is C25H20ClNO3S2. The number of anilines is 1.